The summed E-state index contributed by atoms with van der Waals surface area (Å²) in [6.07, 6.45) is 4.70. The normalized spacial score (nSPS) is 17.6. The molecule has 0 unspecified atom stereocenters. The van der Waals surface area contributed by atoms with E-state index < -0.39 is 0 Å². The molecule has 126 valence electrons. The van der Waals surface area contributed by atoms with E-state index in [0.717, 1.165) is 48.4 Å². The lowest BCUT2D eigenvalue weighted by Gasteiger charge is -2.35. The second-order valence-electron chi connectivity index (χ2n) is 5.98. The number of amides is 1. The number of carbonyl (C=O) groups excluding carboxylic acids is 1. The van der Waals surface area contributed by atoms with Gasteiger partial charge >= 0.3 is 0 Å². The largest absolute Gasteiger partial charge is 0.497 e. The SMILES string of the molecule is COc1cccc(-c2cnc(N)nc2[C@H]2CCCCN2C(C)=O)c1. The van der Waals surface area contributed by atoms with Gasteiger partial charge in [-0.2, -0.15) is 0 Å². The van der Waals surface area contributed by atoms with Gasteiger partial charge in [-0.25, -0.2) is 9.97 Å². The molecule has 1 aromatic heterocycles. The fourth-order valence-electron chi connectivity index (χ4n) is 3.27. The number of anilines is 1. The van der Waals surface area contributed by atoms with E-state index in [2.05, 4.69) is 9.97 Å². The average Bonchev–Trinajstić information content (AvgIpc) is 2.61. The van der Waals surface area contributed by atoms with Crippen LogP contribution >= 0.6 is 0 Å². The molecule has 2 aromatic rings. The van der Waals surface area contributed by atoms with Gasteiger partial charge in [-0.3, -0.25) is 4.79 Å². The molecule has 1 fully saturated rings. The highest BCUT2D eigenvalue weighted by Crippen LogP contribution is 2.36. The lowest BCUT2D eigenvalue weighted by atomic mass is 9.93. The van der Waals surface area contributed by atoms with Crippen LogP contribution < -0.4 is 10.5 Å². The van der Waals surface area contributed by atoms with Crippen LogP contribution in [-0.4, -0.2) is 34.4 Å². The second-order valence-corrected chi connectivity index (χ2v) is 5.98. The third-order valence-corrected chi connectivity index (χ3v) is 4.44. The van der Waals surface area contributed by atoms with Gasteiger partial charge in [0.2, 0.25) is 11.9 Å². The first-order chi connectivity index (χ1) is 11.6. The van der Waals surface area contributed by atoms with Crippen molar-refractivity contribution in [1.82, 2.24) is 14.9 Å². The van der Waals surface area contributed by atoms with Crippen molar-refractivity contribution < 1.29 is 9.53 Å². The number of methoxy groups -OCH3 is 1. The number of aromatic nitrogens is 2. The number of nitrogens with zero attached hydrogens (tertiary/aromatic N) is 3. The summed E-state index contributed by atoms with van der Waals surface area (Å²) >= 11 is 0. The van der Waals surface area contributed by atoms with Gasteiger partial charge in [0.1, 0.15) is 5.75 Å². The Labute approximate surface area is 141 Å². The zero-order valence-electron chi connectivity index (χ0n) is 14.0. The van der Waals surface area contributed by atoms with E-state index in [1.165, 1.54) is 0 Å². The van der Waals surface area contributed by atoms with Crippen LogP contribution in [0.15, 0.2) is 30.5 Å². The van der Waals surface area contributed by atoms with Crippen LogP contribution in [0, 0.1) is 0 Å². The van der Waals surface area contributed by atoms with E-state index in [-0.39, 0.29) is 17.9 Å². The Balaban J connectivity index is 2.09. The van der Waals surface area contributed by atoms with E-state index in [1.807, 2.05) is 29.2 Å². The summed E-state index contributed by atoms with van der Waals surface area (Å²) < 4.78 is 5.31. The molecule has 1 atom stereocenters. The number of benzene rings is 1. The first-order valence-corrected chi connectivity index (χ1v) is 8.14. The predicted molar refractivity (Wildman–Crippen MR) is 92.4 cm³/mol. The first-order valence-electron chi connectivity index (χ1n) is 8.14. The van der Waals surface area contributed by atoms with E-state index in [0.29, 0.717) is 0 Å². The second kappa shape index (κ2) is 6.86. The molecule has 1 aromatic carbocycles. The topological polar surface area (TPSA) is 81.3 Å². The number of rotatable bonds is 3. The van der Waals surface area contributed by atoms with Gasteiger partial charge in [0.15, 0.2) is 0 Å². The molecule has 0 spiro atoms. The summed E-state index contributed by atoms with van der Waals surface area (Å²) in [5, 5.41) is 0. The molecular weight excluding hydrogens is 304 g/mol. The summed E-state index contributed by atoms with van der Waals surface area (Å²) in [5.41, 5.74) is 8.50. The number of nitrogens with two attached hydrogens (primary N) is 1. The van der Waals surface area contributed by atoms with Crippen LogP contribution in [0.5, 0.6) is 5.75 Å². The van der Waals surface area contributed by atoms with E-state index in [9.17, 15) is 4.79 Å². The summed E-state index contributed by atoms with van der Waals surface area (Å²) in [4.78, 5) is 22.6. The zero-order chi connectivity index (χ0) is 17.1. The summed E-state index contributed by atoms with van der Waals surface area (Å²) in [6.45, 7) is 2.36. The lowest BCUT2D eigenvalue weighted by Crippen LogP contribution is -2.37. The van der Waals surface area contributed by atoms with Crippen molar-refractivity contribution in [3.05, 3.63) is 36.2 Å². The van der Waals surface area contributed by atoms with Crippen molar-refractivity contribution in [2.45, 2.75) is 32.2 Å². The monoisotopic (exact) mass is 326 g/mol. The summed E-state index contributed by atoms with van der Waals surface area (Å²) in [7, 11) is 1.64. The Morgan fingerprint density at radius 2 is 2.21 bits per heavy atom. The molecule has 2 heterocycles. The third kappa shape index (κ3) is 3.18. The molecular formula is C18H22N4O2. The molecule has 6 nitrogen and oxygen atoms in total. The van der Waals surface area contributed by atoms with Crippen molar-refractivity contribution in [3.63, 3.8) is 0 Å². The molecule has 1 aliphatic rings. The van der Waals surface area contributed by atoms with E-state index in [4.69, 9.17) is 10.5 Å². The van der Waals surface area contributed by atoms with Crippen LogP contribution in [0.3, 0.4) is 0 Å². The van der Waals surface area contributed by atoms with Crippen LogP contribution in [0.4, 0.5) is 5.95 Å². The number of likely N-dealkylation sites (tertiary alicyclic amines) is 1. The Kier molecular flexibility index (Phi) is 4.64. The maximum atomic E-state index is 12.0. The first kappa shape index (κ1) is 16.2. The zero-order valence-corrected chi connectivity index (χ0v) is 14.0. The van der Waals surface area contributed by atoms with Crippen molar-refractivity contribution in [2.24, 2.45) is 0 Å². The fraction of sp³-hybridized carbons (Fsp3) is 0.389. The minimum atomic E-state index is -0.0669. The highest BCUT2D eigenvalue weighted by atomic mass is 16.5. The molecule has 1 saturated heterocycles. The number of nitrogen functional groups attached to an aromatic ring is 1. The van der Waals surface area contributed by atoms with Gasteiger partial charge in [-0.15, -0.1) is 0 Å². The van der Waals surface area contributed by atoms with Gasteiger partial charge < -0.3 is 15.4 Å². The highest BCUT2D eigenvalue weighted by Gasteiger charge is 2.29. The molecule has 2 N–H and O–H groups in total. The Hall–Kier alpha value is -2.63. The van der Waals surface area contributed by atoms with Crippen LogP contribution in [0.2, 0.25) is 0 Å². The van der Waals surface area contributed by atoms with Gasteiger partial charge in [-0.05, 0) is 37.0 Å². The van der Waals surface area contributed by atoms with E-state index >= 15 is 0 Å². The smallest absolute Gasteiger partial charge is 0.220 e. The summed E-state index contributed by atoms with van der Waals surface area (Å²) in [6, 6.07) is 7.69. The number of ether oxygens (including phenoxy) is 1. The van der Waals surface area contributed by atoms with Crippen LogP contribution in [0.1, 0.15) is 37.9 Å². The minimum Gasteiger partial charge on any atom is -0.497 e. The third-order valence-electron chi connectivity index (χ3n) is 4.44. The minimum absolute atomic E-state index is 0.0634. The van der Waals surface area contributed by atoms with Crippen molar-refractivity contribution in [1.29, 1.82) is 0 Å². The highest BCUT2D eigenvalue weighted by molar-refractivity contribution is 5.75. The van der Waals surface area contributed by atoms with Gasteiger partial charge in [0.25, 0.3) is 0 Å². The Morgan fingerprint density at radius 1 is 1.38 bits per heavy atom. The average molecular weight is 326 g/mol. The molecule has 0 aliphatic carbocycles. The van der Waals surface area contributed by atoms with E-state index in [1.54, 1.807) is 20.2 Å². The van der Waals surface area contributed by atoms with Crippen LogP contribution in [-0.2, 0) is 4.79 Å². The van der Waals surface area contributed by atoms with Crippen molar-refractivity contribution in [3.8, 4) is 16.9 Å². The van der Waals surface area contributed by atoms with Gasteiger partial charge in [-0.1, -0.05) is 12.1 Å². The molecule has 1 aliphatic heterocycles. The van der Waals surface area contributed by atoms with Crippen molar-refractivity contribution in [2.75, 3.05) is 19.4 Å². The van der Waals surface area contributed by atoms with Gasteiger partial charge in [0.05, 0.1) is 18.8 Å². The Bertz CT molecular complexity index is 748. The standard InChI is InChI=1S/C18H22N4O2/c1-12(23)22-9-4-3-8-16(22)17-15(11-20-18(19)21-17)13-6-5-7-14(10-13)24-2/h5-7,10-11,16H,3-4,8-9H2,1-2H3,(H2,19,20,21)/t16-/m1/s1. The van der Waals surface area contributed by atoms with Crippen molar-refractivity contribution >= 4 is 11.9 Å². The molecule has 6 heteroatoms. The molecule has 0 bridgehead atoms. The predicted octanol–water partition coefficient (Wildman–Crippen LogP) is 2.81. The summed E-state index contributed by atoms with van der Waals surface area (Å²) in [5.74, 6) is 1.06. The Morgan fingerprint density at radius 3 is 2.96 bits per heavy atom. The molecule has 3 rings (SSSR count). The molecule has 0 radical (unpaired) electrons. The van der Waals surface area contributed by atoms with Crippen LogP contribution in [0.25, 0.3) is 11.1 Å². The fourth-order valence-corrected chi connectivity index (χ4v) is 3.27. The molecule has 24 heavy (non-hydrogen) atoms. The number of hydrogen-bond acceptors (Lipinski definition) is 5. The number of carbonyl (C=O) groups is 1. The molecule has 0 saturated carbocycles. The lowest BCUT2D eigenvalue weighted by molar-refractivity contribution is -0.132. The maximum absolute atomic E-state index is 12.0. The quantitative estimate of drug-likeness (QED) is 0.938. The number of piperidine rings is 1. The van der Waals surface area contributed by atoms with Gasteiger partial charge in [0, 0.05) is 25.2 Å². The molecule has 1 amide bonds. The maximum Gasteiger partial charge on any atom is 0.220 e. The number of hydrogen-bond donors (Lipinski definition) is 1.